The van der Waals surface area contributed by atoms with Gasteiger partial charge in [0, 0.05) is 13.0 Å². The molecule has 0 saturated carbocycles. The normalized spacial score (nSPS) is 10.0. The van der Waals surface area contributed by atoms with Crippen LogP contribution in [0.4, 0.5) is 4.39 Å². The Labute approximate surface area is 89.5 Å². The summed E-state index contributed by atoms with van der Waals surface area (Å²) in [7, 11) is 0. The highest BCUT2D eigenvalue weighted by atomic mass is 19.1. The molecule has 3 heteroatoms. The van der Waals surface area contributed by atoms with E-state index in [2.05, 4.69) is 5.32 Å². The van der Waals surface area contributed by atoms with Crippen molar-refractivity contribution in [3.05, 3.63) is 35.6 Å². The zero-order chi connectivity index (χ0) is 11.1. The number of halogens is 1. The number of nitrogens with one attached hydrogen (secondary N) is 1. The monoisotopic (exact) mass is 209 g/mol. The van der Waals surface area contributed by atoms with Crippen molar-refractivity contribution < 1.29 is 9.18 Å². The predicted molar refractivity (Wildman–Crippen MR) is 58.0 cm³/mol. The highest BCUT2D eigenvalue weighted by Gasteiger charge is 2.01. The Morgan fingerprint density at radius 1 is 1.40 bits per heavy atom. The van der Waals surface area contributed by atoms with Gasteiger partial charge in [-0.3, -0.25) is 4.79 Å². The van der Waals surface area contributed by atoms with Crippen molar-refractivity contribution in [2.24, 2.45) is 0 Å². The maximum Gasteiger partial charge on any atom is 0.219 e. The predicted octanol–water partition coefficient (Wildman–Crippen LogP) is 2.28. The number of benzene rings is 1. The van der Waals surface area contributed by atoms with Gasteiger partial charge in [-0.05, 0) is 24.5 Å². The molecule has 0 saturated heterocycles. The van der Waals surface area contributed by atoms with Crippen LogP contribution in [0.1, 0.15) is 25.3 Å². The van der Waals surface area contributed by atoms with Gasteiger partial charge in [-0.2, -0.15) is 0 Å². The van der Waals surface area contributed by atoms with Crippen LogP contribution < -0.4 is 5.32 Å². The minimum atomic E-state index is -0.206. The highest BCUT2D eigenvalue weighted by Crippen LogP contribution is 2.06. The summed E-state index contributed by atoms with van der Waals surface area (Å²) in [6.45, 7) is 2.45. The largest absolute Gasteiger partial charge is 0.356 e. The maximum absolute atomic E-state index is 13.1. The van der Waals surface area contributed by atoms with Crippen LogP contribution in [-0.4, -0.2) is 12.5 Å². The van der Waals surface area contributed by atoms with Gasteiger partial charge in [-0.15, -0.1) is 0 Å². The van der Waals surface area contributed by atoms with E-state index in [4.69, 9.17) is 0 Å². The van der Waals surface area contributed by atoms with E-state index in [1.165, 1.54) is 6.07 Å². The summed E-state index contributed by atoms with van der Waals surface area (Å²) < 4.78 is 13.1. The second-order valence-corrected chi connectivity index (χ2v) is 3.44. The molecule has 0 radical (unpaired) electrons. The van der Waals surface area contributed by atoms with E-state index in [0.717, 1.165) is 6.42 Å². The average molecular weight is 209 g/mol. The van der Waals surface area contributed by atoms with Gasteiger partial charge in [0.2, 0.25) is 5.91 Å². The fraction of sp³-hybridized carbons (Fsp3) is 0.417. The summed E-state index contributed by atoms with van der Waals surface area (Å²) in [5.74, 6) is -0.170. The molecule has 0 heterocycles. The zero-order valence-electron chi connectivity index (χ0n) is 8.92. The van der Waals surface area contributed by atoms with E-state index >= 15 is 0 Å². The molecule has 15 heavy (non-hydrogen) atoms. The minimum absolute atomic E-state index is 0.0360. The number of carbonyl (C=O) groups is 1. The van der Waals surface area contributed by atoms with Gasteiger partial charge in [0.05, 0.1) is 0 Å². The Morgan fingerprint density at radius 2 is 2.13 bits per heavy atom. The summed E-state index contributed by atoms with van der Waals surface area (Å²) in [6, 6.07) is 6.63. The first-order chi connectivity index (χ1) is 7.24. The molecule has 0 aromatic heterocycles. The molecular weight excluding hydrogens is 193 g/mol. The second-order valence-electron chi connectivity index (χ2n) is 3.44. The van der Waals surface area contributed by atoms with Gasteiger partial charge in [0.1, 0.15) is 5.82 Å². The van der Waals surface area contributed by atoms with Crippen LogP contribution in [0.5, 0.6) is 0 Å². The second kappa shape index (κ2) is 6.17. The van der Waals surface area contributed by atoms with E-state index in [0.29, 0.717) is 24.9 Å². The lowest BCUT2D eigenvalue weighted by atomic mass is 10.1. The Hall–Kier alpha value is -1.38. The van der Waals surface area contributed by atoms with Crippen molar-refractivity contribution in [1.82, 2.24) is 5.32 Å². The Balaban J connectivity index is 2.32. The fourth-order valence-electron chi connectivity index (χ4n) is 1.35. The van der Waals surface area contributed by atoms with Crippen molar-refractivity contribution in [2.75, 3.05) is 6.54 Å². The lowest BCUT2D eigenvalue weighted by molar-refractivity contribution is -0.121. The fourth-order valence-corrected chi connectivity index (χ4v) is 1.35. The molecule has 0 unspecified atom stereocenters. The topological polar surface area (TPSA) is 29.1 Å². The molecular formula is C12H16FNO. The molecule has 0 atom stereocenters. The average Bonchev–Trinajstić information content (AvgIpc) is 2.21. The summed E-state index contributed by atoms with van der Waals surface area (Å²) in [4.78, 5) is 11.1. The first kappa shape index (κ1) is 11.7. The van der Waals surface area contributed by atoms with Gasteiger partial charge < -0.3 is 5.32 Å². The third-order valence-electron chi connectivity index (χ3n) is 2.15. The van der Waals surface area contributed by atoms with E-state index in [9.17, 15) is 9.18 Å². The van der Waals surface area contributed by atoms with Gasteiger partial charge >= 0.3 is 0 Å². The van der Waals surface area contributed by atoms with Crippen LogP contribution in [-0.2, 0) is 11.2 Å². The lowest BCUT2D eigenvalue weighted by Gasteiger charge is -2.05. The molecule has 0 bridgehead atoms. The van der Waals surface area contributed by atoms with Gasteiger partial charge in [0.15, 0.2) is 0 Å². The molecule has 0 aliphatic heterocycles. The van der Waals surface area contributed by atoms with Crippen LogP contribution >= 0.6 is 0 Å². The molecule has 0 fully saturated rings. The molecule has 1 amide bonds. The molecule has 1 rings (SSSR count). The smallest absolute Gasteiger partial charge is 0.219 e. The molecule has 2 nitrogen and oxygen atoms in total. The lowest BCUT2D eigenvalue weighted by Crippen LogP contribution is -2.25. The third kappa shape index (κ3) is 4.11. The number of carbonyl (C=O) groups excluding carboxylic acids is 1. The van der Waals surface area contributed by atoms with Gasteiger partial charge in [0.25, 0.3) is 0 Å². The highest BCUT2D eigenvalue weighted by molar-refractivity contribution is 5.75. The first-order valence-electron chi connectivity index (χ1n) is 5.24. The van der Waals surface area contributed by atoms with Crippen molar-refractivity contribution in [2.45, 2.75) is 26.2 Å². The van der Waals surface area contributed by atoms with Crippen LogP contribution in [0.15, 0.2) is 24.3 Å². The first-order valence-corrected chi connectivity index (χ1v) is 5.24. The Kier molecular flexibility index (Phi) is 4.81. The van der Waals surface area contributed by atoms with Crippen LogP contribution in [0.2, 0.25) is 0 Å². The van der Waals surface area contributed by atoms with Crippen molar-refractivity contribution in [3.8, 4) is 0 Å². The molecule has 1 aromatic rings. The zero-order valence-corrected chi connectivity index (χ0v) is 8.92. The van der Waals surface area contributed by atoms with Crippen molar-refractivity contribution >= 4 is 5.91 Å². The quantitative estimate of drug-likeness (QED) is 0.792. The van der Waals surface area contributed by atoms with E-state index in [-0.39, 0.29) is 11.7 Å². The standard InChI is InChI=1S/C12H16FNO/c1-2-5-12(15)14-9-8-10-6-3-4-7-11(10)13/h3-4,6-7H,2,5,8-9H2,1H3,(H,14,15). The molecule has 1 N–H and O–H groups in total. The summed E-state index contributed by atoms with van der Waals surface area (Å²) >= 11 is 0. The Bertz CT molecular complexity index is 325. The van der Waals surface area contributed by atoms with Crippen molar-refractivity contribution in [1.29, 1.82) is 0 Å². The molecule has 0 aliphatic carbocycles. The van der Waals surface area contributed by atoms with Crippen LogP contribution in [0, 0.1) is 5.82 Å². The van der Waals surface area contributed by atoms with Gasteiger partial charge in [-0.25, -0.2) is 4.39 Å². The Morgan fingerprint density at radius 3 is 2.80 bits per heavy atom. The third-order valence-corrected chi connectivity index (χ3v) is 2.15. The van der Waals surface area contributed by atoms with Crippen molar-refractivity contribution in [3.63, 3.8) is 0 Å². The minimum Gasteiger partial charge on any atom is -0.356 e. The number of amides is 1. The summed E-state index contributed by atoms with van der Waals surface area (Å²) in [5, 5.41) is 2.75. The summed E-state index contributed by atoms with van der Waals surface area (Å²) in [6.07, 6.45) is 1.92. The SMILES string of the molecule is CCCC(=O)NCCc1ccccc1F. The van der Waals surface area contributed by atoms with E-state index in [1.807, 2.05) is 6.92 Å². The van der Waals surface area contributed by atoms with Crippen LogP contribution in [0.3, 0.4) is 0 Å². The number of rotatable bonds is 5. The number of hydrogen-bond donors (Lipinski definition) is 1. The van der Waals surface area contributed by atoms with Crippen LogP contribution in [0.25, 0.3) is 0 Å². The maximum atomic E-state index is 13.1. The molecule has 82 valence electrons. The number of hydrogen-bond acceptors (Lipinski definition) is 1. The van der Waals surface area contributed by atoms with E-state index in [1.54, 1.807) is 18.2 Å². The molecule has 1 aromatic carbocycles. The van der Waals surface area contributed by atoms with Gasteiger partial charge in [-0.1, -0.05) is 25.1 Å². The van der Waals surface area contributed by atoms with E-state index < -0.39 is 0 Å². The summed E-state index contributed by atoms with van der Waals surface area (Å²) in [5.41, 5.74) is 0.647. The molecule has 0 aliphatic rings. The molecule has 0 spiro atoms.